The third-order valence-corrected chi connectivity index (χ3v) is 8.27. The Morgan fingerprint density at radius 1 is 1.06 bits per heavy atom. The lowest BCUT2D eigenvalue weighted by molar-refractivity contribution is -0.124. The summed E-state index contributed by atoms with van der Waals surface area (Å²) in [5.41, 5.74) is 3.43. The molecule has 1 heterocycles. The smallest absolute Gasteiger partial charge is 0.224 e. The average Bonchev–Trinajstić information content (AvgIpc) is 2.78. The van der Waals surface area contributed by atoms with Gasteiger partial charge >= 0.3 is 0 Å². The van der Waals surface area contributed by atoms with E-state index in [1.165, 1.54) is 44.1 Å². The van der Waals surface area contributed by atoms with E-state index in [0.717, 1.165) is 66.2 Å². The molecule has 0 saturated heterocycles. The highest BCUT2D eigenvalue weighted by atomic mass is 16.1. The van der Waals surface area contributed by atoms with Gasteiger partial charge in [-0.15, -0.1) is 0 Å². The standard InChI is InChI=1S/C29H40N4O/c1-3-5-20(2)19-30-10-11-31-27-9-8-24-25(32-27)6-4-7-26(24)33-28(34)18-29-15-21-12-22(16-29)14-23(13-21)17-29/h4-9,21-23,30H,3,10-19H2,1-2H3,(H,31,32)(H,33,34). The number of hydrogen-bond acceptors (Lipinski definition) is 4. The van der Waals surface area contributed by atoms with Gasteiger partial charge in [0.2, 0.25) is 5.91 Å². The number of pyridine rings is 1. The van der Waals surface area contributed by atoms with Gasteiger partial charge < -0.3 is 16.0 Å². The molecule has 0 atom stereocenters. The monoisotopic (exact) mass is 460 g/mol. The normalized spacial score (nSPS) is 27.8. The number of fused-ring (bicyclic) bond motifs is 1. The number of nitrogens with one attached hydrogen (secondary N) is 3. The van der Waals surface area contributed by atoms with Crippen LogP contribution in [0.25, 0.3) is 10.9 Å². The number of benzene rings is 1. The number of amides is 1. The van der Waals surface area contributed by atoms with Gasteiger partial charge in [0.1, 0.15) is 5.82 Å². The number of nitrogens with zero attached hydrogens (tertiary/aromatic N) is 1. The molecule has 3 N–H and O–H groups in total. The number of hydrogen-bond donors (Lipinski definition) is 3. The van der Waals surface area contributed by atoms with Crippen LogP contribution in [0.2, 0.25) is 0 Å². The molecule has 4 aliphatic rings. The summed E-state index contributed by atoms with van der Waals surface area (Å²) in [4.78, 5) is 17.9. The zero-order chi connectivity index (χ0) is 23.5. The summed E-state index contributed by atoms with van der Waals surface area (Å²) in [6.45, 7) is 6.95. The summed E-state index contributed by atoms with van der Waals surface area (Å²) >= 11 is 0. The van der Waals surface area contributed by atoms with Crippen LogP contribution < -0.4 is 16.0 Å². The molecule has 4 aliphatic carbocycles. The van der Waals surface area contributed by atoms with Crippen molar-refractivity contribution in [3.63, 3.8) is 0 Å². The lowest BCUT2D eigenvalue weighted by atomic mass is 9.49. The fraction of sp³-hybridized carbons (Fsp3) is 0.586. The molecule has 6 rings (SSSR count). The fourth-order valence-electron chi connectivity index (χ4n) is 7.39. The maximum absolute atomic E-state index is 13.1. The molecule has 0 aliphatic heterocycles. The van der Waals surface area contributed by atoms with Crippen molar-refractivity contribution >= 4 is 28.3 Å². The van der Waals surface area contributed by atoms with Crippen molar-refractivity contribution in [2.75, 3.05) is 30.3 Å². The van der Waals surface area contributed by atoms with Crippen molar-refractivity contribution in [2.24, 2.45) is 23.2 Å². The van der Waals surface area contributed by atoms with Crippen LogP contribution in [0.5, 0.6) is 0 Å². The molecular weight excluding hydrogens is 420 g/mol. The highest BCUT2D eigenvalue weighted by Gasteiger charge is 2.51. The van der Waals surface area contributed by atoms with Crippen molar-refractivity contribution < 1.29 is 4.79 Å². The predicted molar refractivity (Wildman–Crippen MR) is 141 cm³/mol. The number of aromatic nitrogens is 1. The first kappa shape index (κ1) is 23.3. The largest absolute Gasteiger partial charge is 0.369 e. The van der Waals surface area contributed by atoms with Crippen LogP contribution in [0.1, 0.15) is 65.2 Å². The number of allylic oxidation sites excluding steroid dienone is 1. The molecule has 1 amide bonds. The molecule has 34 heavy (non-hydrogen) atoms. The van der Waals surface area contributed by atoms with Crippen LogP contribution in [0.3, 0.4) is 0 Å². The first-order valence-electron chi connectivity index (χ1n) is 13.3. The van der Waals surface area contributed by atoms with Gasteiger partial charge in [0, 0.05) is 31.4 Å². The summed E-state index contributed by atoms with van der Waals surface area (Å²) in [5.74, 6) is 3.67. The molecule has 4 bridgehead atoms. The molecule has 1 aromatic heterocycles. The Kier molecular flexibility index (Phi) is 6.91. The second-order valence-corrected chi connectivity index (χ2v) is 11.3. The lowest BCUT2D eigenvalue weighted by Gasteiger charge is -2.56. The summed E-state index contributed by atoms with van der Waals surface area (Å²) in [7, 11) is 0. The van der Waals surface area contributed by atoms with E-state index >= 15 is 0 Å². The van der Waals surface area contributed by atoms with Gasteiger partial charge in [-0.3, -0.25) is 4.79 Å². The SMILES string of the molecule is CCC=C(C)CNCCNc1ccc2c(NC(=O)CC34CC5CC(CC(C5)C3)C4)cccc2n1. The minimum atomic E-state index is 0.176. The fourth-order valence-corrected chi connectivity index (χ4v) is 7.39. The number of rotatable bonds is 10. The van der Waals surface area contributed by atoms with Crippen molar-refractivity contribution in [1.29, 1.82) is 0 Å². The Hall–Kier alpha value is -2.40. The summed E-state index contributed by atoms with van der Waals surface area (Å²) < 4.78 is 0. The predicted octanol–water partition coefficient (Wildman–Crippen LogP) is 6.14. The molecule has 2 aromatic rings. The minimum absolute atomic E-state index is 0.176. The second-order valence-electron chi connectivity index (χ2n) is 11.3. The van der Waals surface area contributed by atoms with E-state index in [0.29, 0.717) is 6.42 Å². The topological polar surface area (TPSA) is 66.0 Å². The number of carbonyl (C=O) groups is 1. The third kappa shape index (κ3) is 5.30. The van der Waals surface area contributed by atoms with Crippen molar-refractivity contribution in [2.45, 2.75) is 65.2 Å². The molecular formula is C29H40N4O. The molecule has 5 heteroatoms. The van der Waals surface area contributed by atoms with Gasteiger partial charge in [0.15, 0.2) is 0 Å². The van der Waals surface area contributed by atoms with E-state index in [-0.39, 0.29) is 11.3 Å². The van der Waals surface area contributed by atoms with Crippen molar-refractivity contribution in [3.05, 3.63) is 42.0 Å². The Morgan fingerprint density at radius 3 is 2.50 bits per heavy atom. The second kappa shape index (κ2) is 10.1. The Morgan fingerprint density at radius 2 is 1.79 bits per heavy atom. The van der Waals surface area contributed by atoms with E-state index in [2.05, 4.69) is 41.9 Å². The molecule has 0 spiro atoms. The first-order valence-corrected chi connectivity index (χ1v) is 13.3. The van der Waals surface area contributed by atoms with Gasteiger partial charge in [-0.05, 0) is 99.3 Å². The molecule has 4 fully saturated rings. The highest BCUT2D eigenvalue weighted by molar-refractivity contribution is 6.01. The summed E-state index contributed by atoms with van der Waals surface area (Å²) in [6, 6.07) is 10.1. The maximum atomic E-state index is 13.1. The van der Waals surface area contributed by atoms with Crippen molar-refractivity contribution in [1.82, 2.24) is 10.3 Å². The minimum Gasteiger partial charge on any atom is -0.369 e. The zero-order valence-electron chi connectivity index (χ0n) is 20.8. The zero-order valence-corrected chi connectivity index (χ0v) is 20.8. The van der Waals surface area contributed by atoms with Crippen LogP contribution in [0.4, 0.5) is 11.5 Å². The van der Waals surface area contributed by atoms with Crippen LogP contribution in [0, 0.1) is 23.2 Å². The van der Waals surface area contributed by atoms with Crippen LogP contribution >= 0.6 is 0 Å². The van der Waals surface area contributed by atoms with Gasteiger partial charge in [0.25, 0.3) is 0 Å². The summed E-state index contributed by atoms with van der Waals surface area (Å²) in [5, 5.41) is 11.1. The Bertz CT molecular complexity index is 1020. The lowest BCUT2D eigenvalue weighted by Crippen LogP contribution is -2.47. The Balaban J connectivity index is 1.17. The van der Waals surface area contributed by atoms with E-state index in [1.807, 2.05) is 24.3 Å². The molecule has 1 aromatic carbocycles. The van der Waals surface area contributed by atoms with Gasteiger partial charge in [-0.1, -0.05) is 24.6 Å². The Labute approximate surface area is 204 Å². The molecule has 0 unspecified atom stereocenters. The third-order valence-electron chi connectivity index (χ3n) is 8.27. The van der Waals surface area contributed by atoms with E-state index < -0.39 is 0 Å². The number of carbonyl (C=O) groups excluding carboxylic acids is 1. The molecule has 4 saturated carbocycles. The van der Waals surface area contributed by atoms with Gasteiger partial charge in [-0.25, -0.2) is 4.98 Å². The van der Waals surface area contributed by atoms with E-state index in [9.17, 15) is 4.79 Å². The van der Waals surface area contributed by atoms with Crippen LogP contribution in [-0.2, 0) is 4.79 Å². The molecule has 5 nitrogen and oxygen atoms in total. The summed E-state index contributed by atoms with van der Waals surface area (Å²) in [6.07, 6.45) is 12.1. The van der Waals surface area contributed by atoms with Gasteiger partial charge in [0.05, 0.1) is 11.2 Å². The van der Waals surface area contributed by atoms with Crippen molar-refractivity contribution in [3.8, 4) is 0 Å². The first-order chi connectivity index (χ1) is 16.5. The maximum Gasteiger partial charge on any atom is 0.224 e. The van der Waals surface area contributed by atoms with Gasteiger partial charge in [-0.2, -0.15) is 0 Å². The van der Waals surface area contributed by atoms with Crippen LogP contribution in [-0.4, -0.2) is 30.5 Å². The number of anilines is 2. The van der Waals surface area contributed by atoms with E-state index in [4.69, 9.17) is 4.98 Å². The quantitative estimate of drug-likeness (QED) is 0.294. The highest BCUT2D eigenvalue weighted by Crippen LogP contribution is 2.61. The van der Waals surface area contributed by atoms with E-state index in [1.54, 1.807) is 0 Å². The molecule has 182 valence electrons. The average molecular weight is 461 g/mol. The molecule has 0 radical (unpaired) electrons. The van der Waals surface area contributed by atoms with Crippen LogP contribution in [0.15, 0.2) is 42.0 Å².